The Morgan fingerprint density at radius 3 is 2.62 bits per heavy atom. The molecule has 2 nitrogen and oxygen atoms in total. The third kappa shape index (κ3) is 2.27. The molecule has 0 amide bonds. The van der Waals surface area contributed by atoms with Gasteiger partial charge in [-0.3, -0.25) is 4.98 Å². The molecule has 1 heterocycles. The van der Waals surface area contributed by atoms with Gasteiger partial charge in [0.1, 0.15) is 0 Å². The minimum absolute atomic E-state index is 0.480. The Morgan fingerprint density at radius 1 is 1.50 bits per heavy atom. The van der Waals surface area contributed by atoms with Crippen molar-refractivity contribution in [2.24, 2.45) is 11.3 Å². The molecule has 1 aliphatic rings. The van der Waals surface area contributed by atoms with Crippen molar-refractivity contribution >= 4 is 0 Å². The molecule has 16 heavy (non-hydrogen) atoms. The molecule has 0 saturated heterocycles. The number of rotatable bonds is 4. The van der Waals surface area contributed by atoms with Crippen LogP contribution in [-0.2, 0) is 0 Å². The molecule has 1 saturated carbocycles. The van der Waals surface area contributed by atoms with E-state index in [1.807, 2.05) is 13.1 Å². The molecular formula is C14H22N2. The maximum atomic E-state index is 4.40. The number of nitrogens with one attached hydrogen (secondary N) is 1. The first-order chi connectivity index (χ1) is 7.54. The number of aromatic nitrogens is 1. The van der Waals surface area contributed by atoms with Crippen molar-refractivity contribution in [3.05, 3.63) is 29.6 Å². The normalized spacial score (nSPS) is 24.1. The van der Waals surface area contributed by atoms with Crippen molar-refractivity contribution in [3.8, 4) is 0 Å². The van der Waals surface area contributed by atoms with Crippen LogP contribution in [0, 0.1) is 18.3 Å². The van der Waals surface area contributed by atoms with Gasteiger partial charge >= 0.3 is 0 Å². The van der Waals surface area contributed by atoms with E-state index in [-0.39, 0.29) is 0 Å². The lowest BCUT2D eigenvalue weighted by Crippen LogP contribution is -2.24. The van der Waals surface area contributed by atoms with E-state index in [1.54, 1.807) is 0 Å². The number of pyridine rings is 1. The van der Waals surface area contributed by atoms with E-state index in [2.05, 4.69) is 43.2 Å². The fourth-order valence-corrected chi connectivity index (χ4v) is 2.45. The van der Waals surface area contributed by atoms with E-state index in [9.17, 15) is 0 Å². The van der Waals surface area contributed by atoms with Crippen LogP contribution < -0.4 is 5.32 Å². The molecular weight excluding hydrogens is 196 g/mol. The van der Waals surface area contributed by atoms with Gasteiger partial charge in [-0.15, -0.1) is 0 Å². The third-order valence-corrected chi connectivity index (χ3v) is 3.71. The summed E-state index contributed by atoms with van der Waals surface area (Å²) in [5.41, 5.74) is 2.93. The predicted molar refractivity (Wildman–Crippen MR) is 67.3 cm³/mol. The Labute approximate surface area is 98.5 Å². The van der Waals surface area contributed by atoms with Gasteiger partial charge < -0.3 is 5.32 Å². The molecule has 1 aliphatic carbocycles. The molecule has 0 aliphatic heterocycles. The zero-order chi connectivity index (χ0) is 11.8. The van der Waals surface area contributed by atoms with Gasteiger partial charge in [0.15, 0.2) is 0 Å². The van der Waals surface area contributed by atoms with Crippen LogP contribution >= 0.6 is 0 Å². The fourth-order valence-electron chi connectivity index (χ4n) is 2.45. The van der Waals surface area contributed by atoms with Crippen LogP contribution in [0.2, 0.25) is 0 Å². The van der Waals surface area contributed by atoms with E-state index in [0.29, 0.717) is 11.5 Å². The Kier molecular flexibility index (Phi) is 3.02. The van der Waals surface area contributed by atoms with Crippen LogP contribution in [0.4, 0.5) is 0 Å². The van der Waals surface area contributed by atoms with Gasteiger partial charge in [0.05, 0.1) is 0 Å². The number of hydrogen-bond donors (Lipinski definition) is 1. The lowest BCUT2D eigenvalue weighted by Gasteiger charge is -2.20. The number of hydrogen-bond acceptors (Lipinski definition) is 2. The molecule has 1 fully saturated rings. The molecule has 2 rings (SSSR count). The van der Waals surface area contributed by atoms with Crippen molar-refractivity contribution in [1.29, 1.82) is 0 Å². The molecule has 2 atom stereocenters. The molecule has 0 bridgehead atoms. The lowest BCUT2D eigenvalue weighted by molar-refractivity contribution is 0.422. The summed E-state index contributed by atoms with van der Waals surface area (Å²) in [6.07, 6.45) is 3.34. The van der Waals surface area contributed by atoms with Gasteiger partial charge in [-0.05, 0) is 42.9 Å². The first-order valence-electron chi connectivity index (χ1n) is 6.20. The summed E-state index contributed by atoms with van der Waals surface area (Å²) < 4.78 is 0. The lowest BCUT2D eigenvalue weighted by atomic mass is 9.98. The van der Waals surface area contributed by atoms with Gasteiger partial charge in [0.2, 0.25) is 0 Å². The second kappa shape index (κ2) is 4.17. The van der Waals surface area contributed by atoms with Gasteiger partial charge in [-0.1, -0.05) is 26.8 Å². The highest BCUT2D eigenvalue weighted by Gasteiger charge is 2.50. The maximum Gasteiger partial charge on any atom is 0.0372 e. The summed E-state index contributed by atoms with van der Waals surface area (Å²) in [6, 6.07) is 4.80. The summed E-state index contributed by atoms with van der Waals surface area (Å²) >= 11 is 0. The van der Waals surface area contributed by atoms with Gasteiger partial charge in [0, 0.05) is 17.9 Å². The van der Waals surface area contributed by atoms with Crippen LogP contribution in [0.3, 0.4) is 0 Å². The summed E-state index contributed by atoms with van der Waals surface area (Å²) in [4.78, 5) is 4.40. The third-order valence-electron chi connectivity index (χ3n) is 3.71. The summed E-state index contributed by atoms with van der Waals surface area (Å²) in [7, 11) is 0. The minimum Gasteiger partial charge on any atom is -0.310 e. The zero-order valence-electron chi connectivity index (χ0n) is 10.7. The van der Waals surface area contributed by atoms with Crippen LogP contribution in [0.15, 0.2) is 18.3 Å². The quantitative estimate of drug-likeness (QED) is 0.840. The molecule has 1 aromatic heterocycles. The highest BCUT2D eigenvalue weighted by atomic mass is 14.9. The largest absolute Gasteiger partial charge is 0.310 e. The molecule has 0 spiro atoms. The Bertz CT molecular complexity index is 354. The van der Waals surface area contributed by atoms with Gasteiger partial charge in [-0.25, -0.2) is 0 Å². The first-order valence-corrected chi connectivity index (χ1v) is 6.20. The number of nitrogens with zero attached hydrogens (tertiary/aromatic N) is 1. The Morgan fingerprint density at radius 2 is 2.19 bits per heavy atom. The number of aryl methyl sites for hydroxylation is 1. The van der Waals surface area contributed by atoms with Crippen molar-refractivity contribution in [2.45, 2.75) is 40.2 Å². The standard InChI is InChI=1S/C14H22N2/c1-5-15-13(12-8-14(12,3)4)11-7-6-10(2)16-9-11/h6-7,9,12-13,15H,5,8H2,1-4H3. The highest BCUT2D eigenvalue weighted by Crippen LogP contribution is 2.57. The predicted octanol–water partition coefficient (Wildman–Crippen LogP) is 3.09. The van der Waals surface area contributed by atoms with Crippen molar-refractivity contribution in [2.75, 3.05) is 6.54 Å². The molecule has 2 unspecified atom stereocenters. The monoisotopic (exact) mass is 218 g/mol. The molecule has 1 aromatic rings. The minimum atomic E-state index is 0.480. The smallest absolute Gasteiger partial charge is 0.0372 e. The average Bonchev–Trinajstić information content (AvgIpc) is 2.86. The maximum absolute atomic E-state index is 4.40. The fraction of sp³-hybridized carbons (Fsp3) is 0.643. The second-order valence-electron chi connectivity index (χ2n) is 5.57. The molecule has 2 heteroatoms. The summed E-state index contributed by atoms with van der Waals surface area (Å²) in [5.74, 6) is 0.761. The molecule has 0 radical (unpaired) electrons. The van der Waals surface area contributed by atoms with Crippen LogP contribution in [0.25, 0.3) is 0 Å². The average molecular weight is 218 g/mol. The molecule has 0 aromatic carbocycles. The van der Waals surface area contributed by atoms with E-state index in [0.717, 1.165) is 18.2 Å². The van der Waals surface area contributed by atoms with E-state index in [4.69, 9.17) is 0 Å². The second-order valence-corrected chi connectivity index (χ2v) is 5.57. The van der Waals surface area contributed by atoms with Gasteiger partial charge in [0.25, 0.3) is 0 Å². The van der Waals surface area contributed by atoms with E-state index < -0.39 is 0 Å². The van der Waals surface area contributed by atoms with Crippen LogP contribution in [0.1, 0.15) is 44.5 Å². The van der Waals surface area contributed by atoms with Crippen molar-refractivity contribution in [3.63, 3.8) is 0 Å². The van der Waals surface area contributed by atoms with E-state index in [1.165, 1.54) is 12.0 Å². The van der Waals surface area contributed by atoms with Crippen molar-refractivity contribution in [1.82, 2.24) is 10.3 Å². The molecule has 1 N–H and O–H groups in total. The summed E-state index contributed by atoms with van der Waals surface area (Å²) in [6.45, 7) is 9.93. The van der Waals surface area contributed by atoms with Crippen LogP contribution in [0.5, 0.6) is 0 Å². The SMILES string of the molecule is CCNC(c1ccc(C)nc1)C1CC1(C)C. The first kappa shape index (κ1) is 11.6. The molecule has 88 valence electrons. The highest BCUT2D eigenvalue weighted by molar-refractivity contribution is 5.21. The summed E-state index contributed by atoms with van der Waals surface area (Å²) in [5, 5.41) is 3.60. The van der Waals surface area contributed by atoms with Gasteiger partial charge in [-0.2, -0.15) is 0 Å². The Balaban J connectivity index is 2.17. The topological polar surface area (TPSA) is 24.9 Å². The Hall–Kier alpha value is -0.890. The van der Waals surface area contributed by atoms with E-state index >= 15 is 0 Å². The zero-order valence-corrected chi connectivity index (χ0v) is 10.7. The van der Waals surface area contributed by atoms with Crippen LogP contribution in [-0.4, -0.2) is 11.5 Å². The van der Waals surface area contributed by atoms with Crippen molar-refractivity contribution < 1.29 is 0 Å².